The van der Waals surface area contributed by atoms with Crippen molar-refractivity contribution in [3.8, 4) is 0 Å². The number of halogens is 4. The Balaban J connectivity index is 1.65. The molecule has 2 N–H and O–H groups in total. The monoisotopic (exact) mass is 379 g/mol. The van der Waals surface area contributed by atoms with Gasteiger partial charge in [-0.1, -0.05) is 0 Å². The van der Waals surface area contributed by atoms with E-state index in [1.807, 2.05) is 0 Å². The number of morpholine rings is 1. The first-order valence-electron chi connectivity index (χ1n) is 8.16. The number of ether oxygens (including phenoxy) is 2. The summed E-state index contributed by atoms with van der Waals surface area (Å²) in [6, 6.07) is -0.303. The van der Waals surface area contributed by atoms with Crippen LogP contribution in [0, 0.1) is 12.7 Å². The normalized spacial score (nSPS) is 20.7. The Hall–Kier alpha value is -1.94. The summed E-state index contributed by atoms with van der Waals surface area (Å²) in [5.74, 6) is -0.343. The molecule has 1 aromatic rings. The largest absolute Gasteiger partial charge is 0.448 e. The molecule has 2 heterocycles. The molecule has 1 saturated heterocycles. The number of amides is 1. The van der Waals surface area contributed by atoms with E-state index in [1.54, 1.807) is 18.4 Å². The quantitative estimate of drug-likeness (QED) is 0.741. The van der Waals surface area contributed by atoms with Gasteiger partial charge in [0.25, 0.3) is 0 Å². The van der Waals surface area contributed by atoms with E-state index in [0.717, 1.165) is 5.56 Å². The highest BCUT2D eigenvalue weighted by atomic mass is 19.4. The van der Waals surface area contributed by atoms with E-state index in [1.165, 1.54) is 6.20 Å². The zero-order chi connectivity index (χ0) is 19.2. The first-order chi connectivity index (χ1) is 12.2. The van der Waals surface area contributed by atoms with Gasteiger partial charge in [0, 0.05) is 12.7 Å². The number of carbonyl (C=O) groups excluding carboxylic acids is 1. The molecule has 10 heteroatoms. The lowest BCUT2D eigenvalue weighted by Gasteiger charge is -2.30. The third kappa shape index (κ3) is 6.75. The molecule has 1 aliphatic heterocycles. The molecule has 1 fully saturated rings. The molecule has 0 bridgehead atoms. The molecule has 0 saturated carbocycles. The number of nitrogens with zero attached hydrogens (tertiary/aromatic N) is 1. The van der Waals surface area contributed by atoms with Gasteiger partial charge in [-0.2, -0.15) is 13.2 Å². The van der Waals surface area contributed by atoms with Crippen LogP contribution in [0.4, 0.5) is 22.4 Å². The minimum absolute atomic E-state index is 0.103. The molecule has 0 aliphatic carbocycles. The topological polar surface area (TPSA) is 72.5 Å². The van der Waals surface area contributed by atoms with Crippen molar-refractivity contribution in [1.82, 2.24) is 15.6 Å². The maximum absolute atomic E-state index is 13.7. The molecule has 0 unspecified atom stereocenters. The maximum atomic E-state index is 13.7. The highest BCUT2D eigenvalue weighted by Gasteiger charge is 2.28. The van der Waals surface area contributed by atoms with E-state index in [-0.39, 0.29) is 31.2 Å². The van der Waals surface area contributed by atoms with Crippen LogP contribution in [0.1, 0.15) is 17.5 Å². The standard InChI is InChI=1S/C16H21F4N3O3/c1-10-4-21-6-14(17)13(10)3-2-12-5-22-11(7-25-12)8-26-15(24)23-9-16(18,19)20/h4,6,11-12,22H,2-3,5,7-9H2,1H3,(H,23,24)/t11-,12+/m0/s1. The summed E-state index contributed by atoms with van der Waals surface area (Å²) >= 11 is 0. The third-order valence-electron chi connectivity index (χ3n) is 3.95. The van der Waals surface area contributed by atoms with Crippen LogP contribution in [0.3, 0.4) is 0 Å². The fourth-order valence-electron chi connectivity index (χ4n) is 2.54. The summed E-state index contributed by atoms with van der Waals surface area (Å²) in [6.07, 6.45) is -1.84. The van der Waals surface area contributed by atoms with Crippen LogP contribution < -0.4 is 10.6 Å². The van der Waals surface area contributed by atoms with Gasteiger partial charge in [-0.05, 0) is 30.9 Å². The van der Waals surface area contributed by atoms with Crippen molar-refractivity contribution in [2.45, 2.75) is 38.1 Å². The predicted octanol–water partition coefficient (Wildman–Crippen LogP) is 2.11. The molecular weight excluding hydrogens is 358 g/mol. The first kappa shape index (κ1) is 20.4. The number of rotatable bonds is 6. The molecule has 1 aliphatic rings. The van der Waals surface area contributed by atoms with Gasteiger partial charge in [0.1, 0.15) is 19.0 Å². The van der Waals surface area contributed by atoms with Crippen LogP contribution in [-0.2, 0) is 15.9 Å². The van der Waals surface area contributed by atoms with Crippen molar-refractivity contribution in [1.29, 1.82) is 0 Å². The van der Waals surface area contributed by atoms with Gasteiger partial charge in [0.05, 0.1) is 24.9 Å². The number of aromatic nitrogens is 1. The third-order valence-corrected chi connectivity index (χ3v) is 3.95. The Labute approximate surface area is 148 Å². The van der Waals surface area contributed by atoms with E-state index in [9.17, 15) is 22.4 Å². The number of aryl methyl sites for hydroxylation is 1. The molecule has 6 nitrogen and oxygen atoms in total. The van der Waals surface area contributed by atoms with Gasteiger partial charge >= 0.3 is 12.3 Å². The Morgan fingerprint density at radius 3 is 2.85 bits per heavy atom. The molecule has 0 radical (unpaired) electrons. The summed E-state index contributed by atoms with van der Waals surface area (Å²) in [5, 5.41) is 4.73. The Morgan fingerprint density at radius 2 is 2.23 bits per heavy atom. The summed E-state index contributed by atoms with van der Waals surface area (Å²) in [5.41, 5.74) is 1.39. The molecule has 146 valence electrons. The zero-order valence-electron chi connectivity index (χ0n) is 14.2. The van der Waals surface area contributed by atoms with Crippen molar-refractivity contribution in [3.63, 3.8) is 0 Å². The number of hydrogen-bond donors (Lipinski definition) is 2. The van der Waals surface area contributed by atoms with Crippen LogP contribution in [0.5, 0.6) is 0 Å². The van der Waals surface area contributed by atoms with Gasteiger partial charge in [-0.15, -0.1) is 0 Å². The second kappa shape index (κ2) is 9.13. The number of hydrogen-bond acceptors (Lipinski definition) is 5. The molecule has 2 atom stereocenters. The van der Waals surface area contributed by atoms with Crippen LogP contribution >= 0.6 is 0 Å². The Kier molecular flexibility index (Phi) is 7.15. The number of nitrogens with one attached hydrogen (secondary N) is 2. The van der Waals surface area contributed by atoms with Crippen LogP contribution in [0.2, 0.25) is 0 Å². The molecule has 1 aromatic heterocycles. The summed E-state index contributed by atoms with van der Waals surface area (Å²) in [4.78, 5) is 15.0. The lowest BCUT2D eigenvalue weighted by Crippen LogP contribution is -2.49. The van der Waals surface area contributed by atoms with E-state index in [0.29, 0.717) is 24.9 Å². The minimum atomic E-state index is -4.48. The van der Waals surface area contributed by atoms with Crippen molar-refractivity contribution in [3.05, 3.63) is 29.3 Å². The highest BCUT2D eigenvalue weighted by molar-refractivity contribution is 5.67. The van der Waals surface area contributed by atoms with Crippen LogP contribution in [0.15, 0.2) is 12.4 Å². The molecule has 0 spiro atoms. The van der Waals surface area contributed by atoms with Crippen LogP contribution in [-0.4, -0.2) is 55.7 Å². The lowest BCUT2D eigenvalue weighted by atomic mass is 10.0. The van der Waals surface area contributed by atoms with Gasteiger partial charge in [-0.3, -0.25) is 4.98 Å². The summed E-state index contributed by atoms with van der Waals surface area (Å²) in [6.45, 7) is 0.976. The number of alkyl halides is 3. The molecular formula is C16H21F4N3O3. The minimum Gasteiger partial charge on any atom is -0.448 e. The number of carbonyl (C=O) groups is 1. The van der Waals surface area contributed by atoms with Crippen molar-refractivity contribution in [2.75, 3.05) is 26.3 Å². The van der Waals surface area contributed by atoms with E-state index in [4.69, 9.17) is 9.47 Å². The molecule has 2 rings (SSSR count). The average molecular weight is 379 g/mol. The van der Waals surface area contributed by atoms with Crippen LogP contribution in [0.25, 0.3) is 0 Å². The second-order valence-electron chi connectivity index (χ2n) is 6.08. The number of alkyl carbamates (subject to hydrolysis) is 1. The second-order valence-corrected chi connectivity index (χ2v) is 6.08. The highest BCUT2D eigenvalue weighted by Crippen LogP contribution is 2.16. The van der Waals surface area contributed by atoms with E-state index < -0.39 is 18.8 Å². The smallest absolute Gasteiger partial charge is 0.407 e. The van der Waals surface area contributed by atoms with E-state index >= 15 is 0 Å². The zero-order valence-corrected chi connectivity index (χ0v) is 14.2. The number of pyridine rings is 1. The van der Waals surface area contributed by atoms with Crippen molar-refractivity contribution in [2.24, 2.45) is 0 Å². The SMILES string of the molecule is Cc1cncc(F)c1CC[C@@H]1CN[C@H](COC(=O)NCC(F)(F)F)CO1. The molecule has 0 aromatic carbocycles. The Bertz CT molecular complexity index is 585. The van der Waals surface area contributed by atoms with Crippen molar-refractivity contribution >= 4 is 6.09 Å². The summed E-state index contributed by atoms with van der Waals surface area (Å²) in [7, 11) is 0. The predicted molar refractivity (Wildman–Crippen MR) is 84.2 cm³/mol. The van der Waals surface area contributed by atoms with Gasteiger partial charge in [0.15, 0.2) is 0 Å². The average Bonchev–Trinajstić information content (AvgIpc) is 2.58. The Morgan fingerprint density at radius 1 is 1.46 bits per heavy atom. The molecule has 1 amide bonds. The van der Waals surface area contributed by atoms with Crippen molar-refractivity contribution < 1.29 is 31.8 Å². The van der Waals surface area contributed by atoms with E-state index in [2.05, 4.69) is 10.3 Å². The maximum Gasteiger partial charge on any atom is 0.407 e. The first-order valence-corrected chi connectivity index (χ1v) is 8.16. The lowest BCUT2D eigenvalue weighted by molar-refractivity contribution is -0.123. The molecule has 26 heavy (non-hydrogen) atoms. The van der Waals surface area contributed by atoms with Gasteiger partial charge < -0.3 is 20.1 Å². The van der Waals surface area contributed by atoms with Gasteiger partial charge in [-0.25, -0.2) is 9.18 Å². The van der Waals surface area contributed by atoms with Gasteiger partial charge in [0.2, 0.25) is 0 Å². The fraction of sp³-hybridized carbons (Fsp3) is 0.625. The fourth-order valence-corrected chi connectivity index (χ4v) is 2.54. The summed E-state index contributed by atoms with van der Waals surface area (Å²) < 4.78 is 60.0.